The topological polar surface area (TPSA) is 83.6 Å². The van der Waals surface area contributed by atoms with Gasteiger partial charge in [0.1, 0.15) is 0 Å². The number of hydrogen-bond acceptors (Lipinski definition) is 4. The van der Waals surface area contributed by atoms with Gasteiger partial charge in [0, 0.05) is 18.1 Å². The molecule has 2 N–H and O–H groups in total. The molecule has 0 spiro atoms. The molecule has 1 unspecified atom stereocenters. The molecule has 5 heteroatoms. The minimum atomic E-state index is -0.652. The van der Waals surface area contributed by atoms with Gasteiger partial charge in [-0.1, -0.05) is 12.1 Å². The van der Waals surface area contributed by atoms with E-state index in [-0.39, 0.29) is 17.9 Å². The van der Waals surface area contributed by atoms with Crippen molar-refractivity contribution in [2.24, 2.45) is 0 Å². The Hall–Kier alpha value is -1.62. The summed E-state index contributed by atoms with van der Waals surface area (Å²) in [5.41, 5.74) is 0.0531. The Balaban J connectivity index is 3.07. The Labute approximate surface area is 80.8 Å². The van der Waals surface area contributed by atoms with Crippen LogP contribution in [0.3, 0.4) is 0 Å². The van der Waals surface area contributed by atoms with E-state index >= 15 is 0 Å². The number of nitrogens with zero attached hydrogens (tertiary/aromatic N) is 1. The predicted octanol–water partition coefficient (Wildman–Crippen LogP) is 1.22. The number of para-hydroxylation sites is 1. The van der Waals surface area contributed by atoms with Crippen LogP contribution >= 0.6 is 0 Å². The molecule has 0 aliphatic rings. The summed E-state index contributed by atoms with van der Waals surface area (Å²) in [6, 6.07) is 4.26. The van der Waals surface area contributed by atoms with Crippen LogP contribution in [0, 0.1) is 10.1 Å². The zero-order valence-electron chi connectivity index (χ0n) is 7.67. The van der Waals surface area contributed by atoms with Gasteiger partial charge in [-0.3, -0.25) is 10.1 Å². The van der Waals surface area contributed by atoms with E-state index in [1.54, 1.807) is 13.0 Å². The molecule has 0 fully saturated rings. The fourth-order valence-electron chi connectivity index (χ4n) is 1.21. The number of aliphatic hydroxyl groups excluding tert-OH is 1. The van der Waals surface area contributed by atoms with Crippen molar-refractivity contribution < 1.29 is 15.1 Å². The summed E-state index contributed by atoms with van der Waals surface area (Å²) >= 11 is 0. The molecule has 0 heterocycles. The Morgan fingerprint density at radius 2 is 2.21 bits per heavy atom. The summed E-state index contributed by atoms with van der Waals surface area (Å²) in [6.07, 6.45) is -0.434. The first kappa shape index (κ1) is 10.5. The van der Waals surface area contributed by atoms with E-state index in [1.165, 1.54) is 12.1 Å². The van der Waals surface area contributed by atoms with Gasteiger partial charge in [0.15, 0.2) is 5.75 Å². The Kier molecular flexibility index (Phi) is 3.03. The zero-order chi connectivity index (χ0) is 10.7. The van der Waals surface area contributed by atoms with Crippen molar-refractivity contribution >= 4 is 5.69 Å². The van der Waals surface area contributed by atoms with Crippen molar-refractivity contribution in [3.05, 3.63) is 33.9 Å². The maximum Gasteiger partial charge on any atom is 0.310 e. The SMILES string of the molecule is CC(O)Cc1cccc([N+](=O)[O-])c1O. The van der Waals surface area contributed by atoms with E-state index in [2.05, 4.69) is 0 Å². The molecular formula is C9H11NO4. The van der Waals surface area contributed by atoms with Crippen LogP contribution in [-0.2, 0) is 6.42 Å². The second kappa shape index (κ2) is 4.06. The number of phenols is 1. The molecule has 0 bridgehead atoms. The average Bonchev–Trinajstić information content (AvgIpc) is 2.07. The summed E-state index contributed by atoms with van der Waals surface area (Å²) < 4.78 is 0. The minimum Gasteiger partial charge on any atom is -0.502 e. The van der Waals surface area contributed by atoms with E-state index < -0.39 is 11.0 Å². The summed E-state index contributed by atoms with van der Waals surface area (Å²) in [5, 5.41) is 29.0. The van der Waals surface area contributed by atoms with Gasteiger partial charge in [-0.05, 0) is 6.92 Å². The molecule has 0 amide bonds. The fraction of sp³-hybridized carbons (Fsp3) is 0.333. The third-order valence-electron chi connectivity index (χ3n) is 1.81. The van der Waals surface area contributed by atoms with Gasteiger partial charge in [-0.15, -0.1) is 0 Å². The lowest BCUT2D eigenvalue weighted by Gasteiger charge is -2.06. The molecule has 0 aliphatic carbocycles. The highest BCUT2D eigenvalue weighted by Crippen LogP contribution is 2.29. The van der Waals surface area contributed by atoms with Crippen LogP contribution in [0.5, 0.6) is 5.75 Å². The second-order valence-corrected chi connectivity index (χ2v) is 3.10. The summed E-state index contributed by atoms with van der Waals surface area (Å²) in [5.74, 6) is -0.363. The first-order valence-electron chi connectivity index (χ1n) is 4.15. The number of hydrogen-bond donors (Lipinski definition) is 2. The summed E-state index contributed by atoms with van der Waals surface area (Å²) in [4.78, 5) is 9.79. The first-order chi connectivity index (χ1) is 6.52. The number of phenolic OH excluding ortho intramolecular Hbond substituents is 1. The lowest BCUT2D eigenvalue weighted by molar-refractivity contribution is -0.385. The van der Waals surface area contributed by atoms with E-state index in [1.807, 2.05) is 0 Å². The highest BCUT2D eigenvalue weighted by molar-refractivity contribution is 5.50. The van der Waals surface area contributed by atoms with E-state index in [9.17, 15) is 15.2 Å². The largest absolute Gasteiger partial charge is 0.502 e. The van der Waals surface area contributed by atoms with Crippen LogP contribution in [0.1, 0.15) is 12.5 Å². The molecule has 5 nitrogen and oxygen atoms in total. The van der Waals surface area contributed by atoms with Gasteiger partial charge in [-0.25, -0.2) is 0 Å². The second-order valence-electron chi connectivity index (χ2n) is 3.10. The van der Waals surface area contributed by atoms with Gasteiger partial charge in [0.25, 0.3) is 0 Å². The van der Waals surface area contributed by atoms with Crippen LogP contribution in [0.4, 0.5) is 5.69 Å². The van der Waals surface area contributed by atoms with Crippen LogP contribution in [0.2, 0.25) is 0 Å². The van der Waals surface area contributed by atoms with E-state index in [0.717, 1.165) is 0 Å². The van der Waals surface area contributed by atoms with E-state index in [4.69, 9.17) is 5.11 Å². The molecule has 0 aromatic heterocycles. The fourth-order valence-corrected chi connectivity index (χ4v) is 1.21. The normalized spacial score (nSPS) is 12.4. The molecule has 1 aromatic rings. The standard InChI is InChI=1S/C9H11NO4/c1-6(11)5-7-3-2-4-8(9(7)12)10(13)14/h2-4,6,11-12H,5H2,1H3. The maximum absolute atomic E-state index is 10.4. The van der Waals surface area contributed by atoms with Crippen molar-refractivity contribution in [3.63, 3.8) is 0 Å². The number of nitro groups is 1. The number of nitro benzene ring substituents is 1. The number of benzene rings is 1. The third-order valence-corrected chi connectivity index (χ3v) is 1.81. The average molecular weight is 197 g/mol. The Bertz CT molecular complexity index is 349. The molecule has 0 aliphatic heterocycles. The molecule has 76 valence electrons. The maximum atomic E-state index is 10.4. The van der Waals surface area contributed by atoms with Gasteiger partial charge < -0.3 is 10.2 Å². The molecule has 0 saturated heterocycles. The third kappa shape index (κ3) is 2.20. The zero-order valence-corrected chi connectivity index (χ0v) is 7.67. The Morgan fingerprint density at radius 1 is 1.57 bits per heavy atom. The van der Waals surface area contributed by atoms with Crippen molar-refractivity contribution in [2.75, 3.05) is 0 Å². The Morgan fingerprint density at radius 3 is 2.71 bits per heavy atom. The lowest BCUT2D eigenvalue weighted by Crippen LogP contribution is -2.04. The van der Waals surface area contributed by atoms with Crippen LogP contribution in [-0.4, -0.2) is 21.2 Å². The molecule has 1 rings (SSSR count). The predicted molar refractivity (Wildman–Crippen MR) is 50.1 cm³/mol. The monoisotopic (exact) mass is 197 g/mol. The van der Waals surface area contributed by atoms with Gasteiger partial charge in [-0.2, -0.15) is 0 Å². The lowest BCUT2D eigenvalue weighted by atomic mass is 10.1. The molecular weight excluding hydrogens is 186 g/mol. The van der Waals surface area contributed by atoms with Crippen molar-refractivity contribution in [3.8, 4) is 5.75 Å². The van der Waals surface area contributed by atoms with Crippen molar-refractivity contribution in [1.29, 1.82) is 0 Å². The summed E-state index contributed by atoms with van der Waals surface area (Å²) in [7, 11) is 0. The van der Waals surface area contributed by atoms with Crippen molar-refractivity contribution in [1.82, 2.24) is 0 Å². The van der Waals surface area contributed by atoms with Crippen molar-refractivity contribution in [2.45, 2.75) is 19.4 Å². The smallest absolute Gasteiger partial charge is 0.310 e. The molecule has 0 saturated carbocycles. The van der Waals surface area contributed by atoms with E-state index in [0.29, 0.717) is 5.56 Å². The number of rotatable bonds is 3. The molecule has 0 radical (unpaired) electrons. The van der Waals surface area contributed by atoms with Crippen LogP contribution < -0.4 is 0 Å². The number of aromatic hydroxyl groups is 1. The van der Waals surface area contributed by atoms with Gasteiger partial charge in [0.2, 0.25) is 0 Å². The van der Waals surface area contributed by atoms with Crippen LogP contribution in [0.15, 0.2) is 18.2 Å². The van der Waals surface area contributed by atoms with Gasteiger partial charge >= 0.3 is 5.69 Å². The van der Waals surface area contributed by atoms with Gasteiger partial charge in [0.05, 0.1) is 11.0 Å². The van der Waals surface area contributed by atoms with Crippen LogP contribution in [0.25, 0.3) is 0 Å². The molecule has 14 heavy (non-hydrogen) atoms. The minimum absolute atomic E-state index is 0.202. The quantitative estimate of drug-likeness (QED) is 0.563. The highest BCUT2D eigenvalue weighted by Gasteiger charge is 2.16. The summed E-state index contributed by atoms with van der Waals surface area (Å²) in [6.45, 7) is 1.55. The first-order valence-corrected chi connectivity index (χ1v) is 4.15. The molecule has 1 atom stereocenters. The number of aliphatic hydroxyl groups is 1. The highest BCUT2D eigenvalue weighted by atomic mass is 16.6. The molecule has 1 aromatic carbocycles.